The molecule has 0 saturated carbocycles. The standard InChI is InChI=1S/C10H13BrOS/c1-6(2)7(3)10(12)8-4-13-5-9(8)11/h4-7H,1-3H3. The summed E-state index contributed by atoms with van der Waals surface area (Å²) < 4.78 is 0.926. The molecule has 0 saturated heterocycles. The van der Waals surface area contributed by atoms with E-state index in [4.69, 9.17) is 0 Å². The molecule has 13 heavy (non-hydrogen) atoms. The molecule has 1 heterocycles. The number of carbonyl (C=O) groups is 1. The van der Waals surface area contributed by atoms with Crippen LogP contribution in [0.15, 0.2) is 15.2 Å². The highest BCUT2D eigenvalue weighted by molar-refractivity contribution is 9.10. The average Bonchev–Trinajstić information content (AvgIpc) is 2.48. The van der Waals surface area contributed by atoms with Gasteiger partial charge in [-0.1, -0.05) is 20.8 Å². The Balaban J connectivity index is 2.86. The molecule has 0 spiro atoms. The average molecular weight is 261 g/mol. The van der Waals surface area contributed by atoms with Crippen molar-refractivity contribution in [1.82, 2.24) is 0 Å². The zero-order chi connectivity index (χ0) is 10.0. The molecule has 1 atom stereocenters. The number of rotatable bonds is 3. The Kier molecular flexibility index (Phi) is 3.68. The quantitative estimate of drug-likeness (QED) is 0.752. The second-order valence-corrected chi connectivity index (χ2v) is 5.13. The highest BCUT2D eigenvalue weighted by Gasteiger charge is 2.20. The minimum absolute atomic E-state index is 0.103. The van der Waals surface area contributed by atoms with E-state index >= 15 is 0 Å². The van der Waals surface area contributed by atoms with Crippen LogP contribution in [0.5, 0.6) is 0 Å². The predicted molar refractivity (Wildman–Crippen MR) is 60.4 cm³/mol. The van der Waals surface area contributed by atoms with E-state index in [-0.39, 0.29) is 11.7 Å². The lowest BCUT2D eigenvalue weighted by Gasteiger charge is -2.13. The first-order chi connectivity index (χ1) is 6.04. The highest BCUT2D eigenvalue weighted by Crippen LogP contribution is 2.26. The van der Waals surface area contributed by atoms with Crippen LogP contribution in [0.3, 0.4) is 0 Å². The summed E-state index contributed by atoms with van der Waals surface area (Å²) in [7, 11) is 0. The van der Waals surface area contributed by atoms with Crippen molar-refractivity contribution in [2.75, 3.05) is 0 Å². The van der Waals surface area contributed by atoms with E-state index in [1.807, 2.05) is 17.7 Å². The predicted octanol–water partition coefficient (Wildman–Crippen LogP) is 3.99. The Morgan fingerprint density at radius 1 is 1.38 bits per heavy atom. The van der Waals surface area contributed by atoms with E-state index in [2.05, 4.69) is 29.8 Å². The molecule has 0 N–H and O–H groups in total. The molecule has 1 unspecified atom stereocenters. The van der Waals surface area contributed by atoms with E-state index in [9.17, 15) is 4.79 Å². The van der Waals surface area contributed by atoms with Crippen molar-refractivity contribution in [2.45, 2.75) is 20.8 Å². The van der Waals surface area contributed by atoms with Crippen molar-refractivity contribution in [3.05, 3.63) is 20.8 Å². The third kappa shape index (κ3) is 2.41. The van der Waals surface area contributed by atoms with E-state index in [1.54, 1.807) is 11.3 Å². The van der Waals surface area contributed by atoms with Gasteiger partial charge < -0.3 is 0 Å². The van der Waals surface area contributed by atoms with Crippen LogP contribution >= 0.6 is 27.3 Å². The Morgan fingerprint density at radius 3 is 2.38 bits per heavy atom. The number of halogens is 1. The first-order valence-corrected chi connectivity index (χ1v) is 6.03. The fourth-order valence-electron chi connectivity index (χ4n) is 1.01. The minimum atomic E-state index is 0.103. The fourth-order valence-corrected chi connectivity index (χ4v) is 2.48. The molecular weight excluding hydrogens is 248 g/mol. The van der Waals surface area contributed by atoms with Gasteiger partial charge in [0.15, 0.2) is 5.78 Å². The fraction of sp³-hybridized carbons (Fsp3) is 0.500. The molecule has 0 aliphatic carbocycles. The number of thiophene rings is 1. The molecule has 1 aromatic heterocycles. The molecular formula is C10H13BrOS. The minimum Gasteiger partial charge on any atom is -0.294 e. The third-order valence-corrected chi connectivity index (χ3v) is 4.00. The molecule has 0 fully saturated rings. The van der Waals surface area contributed by atoms with Gasteiger partial charge in [0.25, 0.3) is 0 Å². The highest BCUT2D eigenvalue weighted by atomic mass is 79.9. The van der Waals surface area contributed by atoms with Crippen LogP contribution in [0.25, 0.3) is 0 Å². The number of hydrogen-bond acceptors (Lipinski definition) is 2. The van der Waals surface area contributed by atoms with Gasteiger partial charge in [0.1, 0.15) is 0 Å². The second kappa shape index (κ2) is 4.38. The Labute approximate surface area is 91.3 Å². The summed E-state index contributed by atoms with van der Waals surface area (Å²) in [5, 5.41) is 3.85. The molecule has 1 nitrogen and oxygen atoms in total. The Morgan fingerprint density at radius 2 is 2.00 bits per heavy atom. The van der Waals surface area contributed by atoms with Crippen molar-refractivity contribution in [3.63, 3.8) is 0 Å². The van der Waals surface area contributed by atoms with Gasteiger partial charge in [0.05, 0.1) is 0 Å². The van der Waals surface area contributed by atoms with Gasteiger partial charge in [-0.15, -0.1) is 0 Å². The maximum absolute atomic E-state index is 11.8. The summed E-state index contributed by atoms with van der Waals surface area (Å²) in [5.74, 6) is 0.744. The molecule has 0 amide bonds. The first-order valence-electron chi connectivity index (χ1n) is 4.30. The molecule has 0 radical (unpaired) electrons. The lowest BCUT2D eigenvalue weighted by atomic mass is 9.91. The van der Waals surface area contributed by atoms with Crippen molar-refractivity contribution < 1.29 is 4.79 Å². The molecule has 3 heteroatoms. The molecule has 1 rings (SSSR count). The van der Waals surface area contributed by atoms with Crippen LogP contribution in [0, 0.1) is 11.8 Å². The SMILES string of the molecule is CC(C)C(C)C(=O)c1cscc1Br. The largest absolute Gasteiger partial charge is 0.294 e. The number of carbonyl (C=O) groups excluding carboxylic acids is 1. The van der Waals surface area contributed by atoms with Crippen LogP contribution in [-0.4, -0.2) is 5.78 Å². The number of hydrogen-bond donors (Lipinski definition) is 0. The van der Waals surface area contributed by atoms with Crippen molar-refractivity contribution in [2.24, 2.45) is 11.8 Å². The molecule has 0 bridgehead atoms. The van der Waals surface area contributed by atoms with Crippen LogP contribution in [0.1, 0.15) is 31.1 Å². The van der Waals surface area contributed by atoms with E-state index < -0.39 is 0 Å². The van der Waals surface area contributed by atoms with Gasteiger partial charge in [-0.3, -0.25) is 4.79 Å². The lowest BCUT2D eigenvalue weighted by molar-refractivity contribution is 0.0899. The Bertz CT molecular complexity index is 304. The van der Waals surface area contributed by atoms with E-state index in [1.165, 1.54) is 0 Å². The summed E-state index contributed by atoms with van der Waals surface area (Å²) >= 11 is 4.93. The zero-order valence-corrected chi connectivity index (χ0v) is 10.4. The van der Waals surface area contributed by atoms with E-state index in [0.717, 1.165) is 10.0 Å². The van der Waals surface area contributed by atoms with Crippen LogP contribution in [-0.2, 0) is 0 Å². The topological polar surface area (TPSA) is 17.1 Å². The van der Waals surface area contributed by atoms with Gasteiger partial charge in [-0.25, -0.2) is 0 Å². The zero-order valence-electron chi connectivity index (χ0n) is 8.00. The molecule has 0 aliphatic heterocycles. The maximum atomic E-state index is 11.8. The smallest absolute Gasteiger partial charge is 0.167 e. The molecule has 0 aromatic carbocycles. The third-order valence-electron chi connectivity index (χ3n) is 2.29. The van der Waals surface area contributed by atoms with Gasteiger partial charge in [0.2, 0.25) is 0 Å². The van der Waals surface area contributed by atoms with Gasteiger partial charge >= 0.3 is 0 Å². The van der Waals surface area contributed by atoms with Crippen LogP contribution in [0.4, 0.5) is 0 Å². The number of ketones is 1. The van der Waals surface area contributed by atoms with Gasteiger partial charge in [-0.2, -0.15) is 11.3 Å². The maximum Gasteiger partial charge on any atom is 0.167 e. The number of Topliss-reactive ketones (excluding diaryl/α,β-unsaturated/α-hetero) is 1. The molecule has 0 aliphatic rings. The summed E-state index contributed by atoms with van der Waals surface area (Å²) in [6.45, 7) is 6.13. The van der Waals surface area contributed by atoms with Crippen LogP contribution < -0.4 is 0 Å². The molecule has 72 valence electrons. The summed E-state index contributed by atoms with van der Waals surface area (Å²) in [5.41, 5.74) is 0.825. The second-order valence-electron chi connectivity index (χ2n) is 3.53. The van der Waals surface area contributed by atoms with Crippen molar-refractivity contribution in [1.29, 1.82) is 0 Å². The summed E-state index contributed by atoms with van der Waals surface area (Å²) in [6.07, 6.45) is 0. The van der Waals surface area contributed by atoms with Crippen LogP contribution in [0.2, 0.25) is 0 Å². The van der Waals surface area contributed by atoms with E-state index in [0.29, 0.717) is 5.92 Å². The summed E-state index contributed by atoms with van der Waals surface area (Å²) in [6, 6.07) is 0. The van der Waals surface area contributed by atoms with Gasteiger partial charge in [0, 0.05) is 26.7 Å². The van der Waals surface area contributed by atoms with Gasteiger partial charge in [-0.05, 0) is 21.8 Å². The summed E-state index contributed by atoms with van der Waals surface area (Å²) in [4.78, 5) is 11.8. The molecule has 1 aromatic rings. The monoisotopic (exact) mass is 260 g/mol. The van der Waals surface area contributed by atoms with Crippen molar-refractivity contribution in [3.8, 4) is 0 Å². The first kappa shape index (κ1) is 10.9. The normalized spacial score (nSPS) is 13.3. The lowest BCUT2D eigenvalue weighted by Crippen LogP contribution is -2.16. The van der Waals surface area contributed by atoms with Crippen molar-refractivity contribution >= 4 is 33.0 Å². The Hall–Kier alpha value is -0.150.